The van der Waals surface area contributed by atoms with E-state index in [4.69, 9.17) is 0 Å². The van der Waals surface area contributed by atoms with Gasteiger partial charge < -0.3 is 0 Å². The molecule has 2 heteroatoms. The van der Waals surface area contributed by atoms with E-state index in [1.165, 1.54) is 5.56 Å². The van der Waals surface area contributed by atoms with Gasteiger partial charge in [-0.05, 0) is 36.5 Å². The van der Waals surface area contributed by atoms with E-state index >= 15 is 0 Å². The van der Waals surface area contributed by atoms with Crippen molar-refractivity contribution in [3.05, 3.63) is 46.5 Å². The fourth-order valence-electron chi connectivity index (χ4n) is 2.44. The van der Waals surface area contributed by atoms with E-state index in [1.54, 1.807) is 0 Å². The first-order valence-corrected chi connectivity index (χ1v) is 6.94. The zero-order valence-corrected chi connectivity index (χ0v) is 11.6. The van der Waals surface area contributed by atoms with Crippen molar-refractivity contribution < 1.29 is 4.79 Å². The van der Waals surface area contributed by atoms with Gasteiger partial charge in [0.1, 0.15) is 5.78 Å². The molecule has 2 rings (SSSR count). The first-order chi connectivity index (χ1) is 8.20. The Kier molecular flexibility index (Phi) is 4.16. The maximum Gasteiger partial charge on any atom is 0.140 e. The summed E-state index contributed by atoms with van der Waals surface area (Å²) in [4.78, 5) is 12.0. The predicted molar refractivity (Wildman–Crippen MR) is 73.9 cm³/mol. The first kappa shape index (κ1) is 12.6. The van der Waals surface area contributed by atoms with Crippen LogP contribution in [-0.4, -0.2) is 5.78 Å². The highest BCUT2D eigenvalue weighted by Crippen LogP contribution is 2.28. The Morgan fingerprint density at radius 3 is 2.65 bits per heavy atom. The van der Waals surface area contributed by atoms with Crippen LogP contribution in [0, 0.1) is 11.8 Å². The van der Waals surface area contributed by atoms with Gasteiger partial charge in [0.25, 0.3) is 0 Å². The molecule has 0 radical (unpaired) electrons. The Hall–Kier alpha value is -0.890. The highest BCUT2D eigenvalue weighted by atomic mass is 79.9. The maximum atomic E-state index is 12.0. The van der Waals surface area contributed by atoms with E-state index in [1.807, 2.05) is 18.2 Å². The largest absolute Gasteiger partial charge is 0.299 e. The zero-order valence-electron chi connectivity index (χ0n) is 10.0. The van der Waals surface area contributed by atoms with Crippen LogP contribution in [0.2, 0.25) is 0 Å². The van der Waals surface area contributed by atoms with Crippen molar-refractivity contribution in [2.45, 2.75) is 26.2 Å². The number of carbonyl (C=O) groups is 1. The van der Waals surface area contributed by atoms with Gasteiger partial charge in [0.15, 0.2) is 0 Å². The molecule has 0 amide bonds. The van der Waals surface area contributed by atoms with Crippen molar-refractivity contribution in [1.29, 1.82) is 0 Å². The molecule has 1 aliphatic carbocycles. The summed E-state index contributed by atoms with van der Waals surface area (Å²) in [5.74, 6) is 0.980. The number of hydrogen-bond acceptors (Lipinski definition) is 1. The normalized spacial score (nSPS) is 24.0. The van der Waals surface area contributed by atoms with Crippen molar-refractivity contribution in [3.8, 4) is 0 Å². The Morgan fingerprint density at radius 1 is 1.29 bits per heavy atom. The number of Topliss-reactive ketones (excluding diaryl/α,β-unsaturated/α-hetero) is 1. The highest BCUT2D eigenvalue weighted by Gasteiger charge is 2.27. The summed E-state index contributed by atoms with van der Waals surface area (Å²) in [5, 5.41) is 0. The lowest BCUT2D eigenvalue weighted by Crippen LogP contribution is -2.27. The molecule has 1 aliphatic rings. The van der Waals surface area contributed by atoms with Gasteiger partial charge in [0, 0.05) is 16.8 Å². The molecular weight excluding hydrogens is 276 g/mol. The number of hydrogen-bond donors (Lipinski definition) is 0. The quantitative estimate of drug-likeness (QED) is 0.765. The lowest BCUT2D eigenvalue weighted by atomic mass is 9.78. The Labute approximate surface area is 111 Å². The van der Waals surface area contributed by atoms with E-state index in [0.29, 0.717) is 18.1 Å². The van der Waals surface area contributed by atoms with E-state index in [0.717, 1.165) is 17.3 Å². The first-order valence-electron chi connectivity index (χ1n) is 6.14. The second-order valence-electron chi connectivity index (χ2n) is 4.61. The fraction of sp³-hybridized carbons (Fsp3) is 0.400. The van der Waals surface area contributed by atoms with E-state index in [9.17, 15) is 4.79 Å². The molecule has 1 nitrogen and oxygen atoms in total. The third-order valence-corrected chi connectivity index (χ3v) is 4.00. The summed E-state index contributed by atoms with van der Waals surface area (Å²) in [7, 11) is 0. The summed E-state index contributed by atoms with van der Waals surface area (Å²) >= 11 is 3.43. The molecule has 0 bridgehead atoms. The van der Waals surface area contributed by atoms with Crippen LogP contribution in [0.5, 0.6) is 0 Å². The van der Waals surface area contributed by atoms with Crippen molar-refractivity contribution in [3.63, 3.8) is 0 Å². The second kappa shape index (κ2) is 5.63. The summed E-state index contributed by atoms with van der Waals surface area (Å²) in [5.41, 5.74) is 1.25. The van der Waals surface area contributed by atoms with Crippen molar-refractivity contribution >= 4 is 21.7 Å². The van der Waals surface area contributed by atoms with Crippen LogP contribution in [0.4, 0.5) is 0 Å². The standard InChI is InChI=1S/C15H17BrO/c1-2-12-4-3-5-15(17)14(12)10-11-6-8-13(16)9-7-11/h3-4,6-9,12,14H,2,5,10H2,1H3/t12-,14?/m1/s1. The molecule has 0 N–H and O–H groups in total. The summed E-state index contributed by atoms with van der Waals surface area (Å²) in [6.07, 6.45) is 6.76. The van der Waals surface area contributed by atoms with Crippen LogP contribution in [0.25, 0.3) is 0 Å². The molecule has 2 atom stereocenters. The Morgan fingerprint density at radius 2 is 2.00 bits per heavy atom. The van der Waals surface area contributed by atoms with Crippen LogP contribution in [0.15, 0.2) is 40.9 Å². The molecule has 0 fully saturated rings. The SMILES string of the molecule is CC[C@@H]1C=CCC(=O)C1Cc1ccc(Br)cc1. The third kappa shape index (κ3) is 3.06. The van der Waals surface area contributed by atoms with Crippen LogP contribution in [0.1, 0.15) is 25.3 Å². The molecule has 1 aromatic carbocycles. The zero-order chi connectivity index (χ0) is 12.3. The molecule has 0 heterocycles. The van der Waals surface area contributed by atoms with Crippen LogP contribution < -0.4 is 0 Å². The number of allylic oxidation sites excluding steroid dienone is 2. The summed E-state index contributed by atoms with van der Waals surface area (Å²) in [6.45, 7) is 2.15. The minimum Gasteiger partial charge on any atom is -0.299 e. The third-order valence-electron chi connectivity index (χ3n) is 3.47. The van der Waals surface area contributed by atoms with Gasteiger partial charge in [-0.3, -0.25) is 4.79 Å². The van der Waals surface area contributed by atoms with Crippen molar-refractivity contribution in [2.75, 3.05) is 0 Å². The number of rotatable bonds is 3. The van der Waals surface area contributed by atoms with Crippen LogP contribution >= 0.6 is 15.9 Å². The second-order valence-corrected chi connectivity index (χ2v) is 5.52. The van der Waals surface area contributed by atoms with Crippen molar-refractivity contribution in [1.82, 2.24) is 0 Å². The molecule has 0 spiro atoms. The maximum absolute atomic E-state index is 12.0. The fourth-order valence-corrected chi connectivity index (χ4v) is 2.71. The lowest BCUT2D eigenvalue weighted by Gasteiger charge is -2.25. The van der Waals surface area contributed by atoms with E-state index in [2.05, 4.69) is 41.1 Å². The average Bonchev–Trinajstić information content (AvgIpc) is 2.34. The molecule has 1 aromatic rings. The number of benzene rings is 1. The van der Waals surface area contributed by atoms with Gasteiger partial charge >= 0.3 is 0 Å². The average molecular weight is 293 g/mol. The topological polar surface area (TPSA) is 17.1 Å². The molecule has 1 unspecified atom stereocenters. The monoisotopic (exact) mass is 292 g/mol. The molecule has 0 aliphatic heterocycles. The molecule has 0 saturated carbocycles. The van der Waals surface area contributed by atoms with Gasteiger partial charge in [-0.1, -0.05) is 47.1 Å². The molecule has 0 saturated heterocycles. The van der Waals surface area contributed by atoms with Gasteiger partial charge in [-0.25, -0.2) is 0 Å². The number of halogens is 1. The molecule has 90 valence electrons. The number of ketones is 1. The molecule has 17 heavy (non-hydrogen) atoms. The van der Waals surface area contributed by atoms with Gasteiger partial charge in [0.05, 0.1) is 0 Å². The van der Waals surface area contributed by atoms with Gasteiger partial charge in [0.2, 0.25) is 0 Å². The predicted octanol–water partition coefficient (Wildman–Crippen LogP) is 4.16. The van der Waals surface area contributed by atoms with E-state index in [-0.39, 0.29) is 5.92 Å². The minimum absolute atomic E-state index is 0.172. The molecular formula is C15H17BrO. The van der Waals surface area contributed by atoms with E-state index < -0.39 is 0 Å². The lowest BCUT2D eigenvalue weighted by molar-refractivity contribution is -0.123. The van der Waals surface area contributed by atoms with Crippen LogP contribution in [-0.2, 0) is 11.2 Å². The summed E-state index contributed by atoms with van der Waals surface area (Å²) < 4.78 is 1.09. The summed E-state index contributed by atoms with van der Waals surface area (Å²) in [6, 6.07) is 8.28. The minimum atomic E-state index is 0.172. The number of carbonyl (C=O) groups excluding carboxylic acids is 1. The Bertz CT molecular complexity index is 419. The Balaban J connectivity index is 2.13. The van der Waals surface area contributed by atoms with Crippen LogP contribution in [0.3, 0.4) is 0 Å². The van der Waals surface area contributed by atoms with Gasteiger partial charge in [-0.15, -0.1) is 0 Å². The molecule has 0 aromatic heterocycles. The van der Waals surface area contributed by atoms with Crippen molar-refractivity contribution in [2.24, 2.45) is 11.8 Å². The highest BCUT2D eigenvalue weighted by molar-refractivity contribution is 9.10. The smallest absolute Gasteiger partial charge is 0.140 e. The van der Waals surface area contributed by atoms with Gasteiger partial charge in [-0.2, -0.15) is 0 Å².